The number of carbonyl (C=O) groups excluding carboxylic acids is 1. The maximum atomic E-state index is 12.9. The Morgan fingerprint density at radius 1 is 1.17 bits per heavy atom. The summed E-state index contributed by atoms with van der Waals surface area (Å²) in [6.45, 7) is 1.22. The van der Waals surface area contributed by atoms with Crippen molar-refractivity contribution in [1.82, 2.24) is 9.88 Å². The molecule has 6 nitrogen and oxygen atoms in total. The highest BCUT2D eigenvalue weighted by molar-refractivity contribution is 7.90. The zero-order valence-corrected chi connectivity index (χ0v) is 18.4. The number of amides is 1. The van der Waals surface area contributed by atoms with Crippen LogP contribution in [0.3, 0.4) is 0 Å². The molecule has 2 heterocycles. The van der Waals surface area contributed by atoms with E-state index < -0.39 is 9.84 Å². The quantitative estimate of drug-likeness (QED) is 0.649. The fraction of sp³-hybridized carbons (Fsp3) is 0.318. The number of sulfone groups is 1. The number of hydrogen-bond donors (Lipinski definition) is 1. The van der Waals surface area contributed by atoms with Crippen molar-refractivity contribution >= 4 is 38.2 Å². The van der Waals surface area contributed by atoms with E-state index in [2.05, 4.69) is 4.98 Å². The lowest BCUT2D eigenvalue weighted by molar-refractivity contribution is 0.0713. The van der Waals surface area contributed by atoms with Gasteiger partial charge in [0.2, 0.25) is 0 Å². The molecule has 0 radical (unpaired) electrons. The van der Waals surface area contributed by atoms with E-state index in [4.69, 9.17) is 16.3 Å². The molecule has 158 valence electrons. The molecule has 1 aromatic heterocycles. The Morgan fingerprint density at radius 2 is 1.90 bits per heavy atom. The second kappa shape index (κ2) is 7.96. The summed E-state index contributed by atoms with van der Waals surface area (Å²) < 4.78 is 29.2. The van der Waals surface area contributed by atoms with Crippen molar-refractivity contribution in [3.8, 4) is 5.75 Å². The zero-order chi connectivity index (χ0) is 21.5. The number of hydrogen-bond acceptors (Lipinski definition) is 4. The van der Waals surface area contributed by atoms with E-state index in [1.165, 1.54) is 17.7 Å². The summed E-state index contributed by atoms with van der Waals surface area (Å²) in [5.41, 5.74) is 2.65. The van der Waals surface area contributed by atoms with Crippen molar-refractivity contribution in [2.45, 2.75) is 23.7 Å². The molecule has 1 aliphatic rings. The first-order chi connectivity index (χ1) is 14.3. The van der Waals surface area contributed by atoms with Crippen LogP contribution in [0.25, 0.3) is 10.9 Å². The Morgan fingerprint density at radius 3 is 2.57 bits per heavy atom. The van der Waals surface area contributed by atoms with E-state index in [1.54, 1.807) is 18.1 Å². The van der Waals surface area contributed by atoms with Crippen molar-refractivity contribution in [3.63, 3.8) is 0 Å². The van der Waals surface area contributed by atoms with Crippen molar-refractivity contribution < 1.29 is 17.9 Å². The molecule has 1 N–H and O–H groups in total. The van der Waals surface area contributed by atoms with Crippen LogP contribution in [0.2, 0.25) is 5.02 Å². The van der Waals surface area contributed by atoms with Crippen LogP contribution in [0.1, 0.15) is 34.7 Å². The molecule has 0 atom stereocenters. The molecule has 30 heavy (non-hydrogen) atoms. The second-order valence-electron chi connectivity index (χ2n) is 7.64. The van der Waals surface area contributed by atoms with Crippen LogP contribution in [0.5, 0.6) is 5.75 Å². The third-order valence-corrected chi connectivity index (χ3v) is 7.30. The number of nitrogens with zero attached hydrogens (tertiary/aromatic N) is 1. The maximum absolute atomic E-state index is 12.9. The van der Waals surface area contributed by atoms with Crippen LogP contribution < -0.4 is 4.74 Å². The Balaban J connectivity index is 1.51. The van der Waals surface area contributed by atoms with Gasteiger partial charge in [0, 0.05) is 42.0 Å². The normalized spacial score (nSPS) is 15.5. The van der Waals surface area contributed by atoms with Gasteiger partial charge in [0.15, 0.2) is 9.84 Å². The van der Waals surface area contributed by atoms with Crippen molar-refractivity contribution in [1.29, 1.82) is 0 Å². The van der Waals surface area contributed by atoms with E-state index in [9.17, 15) is 13.2 Å². The molecule has 2 aromatic carbocycles. The predicted octanol–water partition coefficient (Wildman–Crippen LogP) is 4.25. The minimum Gasteiger partial charge on any atom is -0.497 e. The highest BCUT2D eigenvalue weighted by Gasteiger charge is 2.27. The minimum atomic E-state index is -3.50. The lowest BCUT2D eigenvalue weighted by Crippen LogP contribution is -2.38. The van der Waals surface area contributed by atoms with Gasteiger partial charge in [-0.1, -0.05) is 11.6 Å². The summed E-state index contributed by atoms with van der Waals surface area (Å²) in [7, 11) is -1.85. The van der Waals surface area contributed by atoms with Crippen LogP contribution in [-0.2, 0) is 9.84 Å². The van der Waals surface area contributed by atoms with E-state index in [0.717, 1.165) is 35.7 Å². The van der Waals surface area contributed by atoms with E-state index >= 15 is 0 Å². The number of ether oxygens (including phenoxy) is 1. The van der Waals surface area contributed by atoms with E-state index in [1.807, 2.05) is 24.4 Å². The molecule has 0 bridgehead atoms. The first kappa shape index (κ1) is 20.8. The summed E-state index contributed by atoms with van der Waals surface area (Å²) in [5, 5.41) is 1.28. The molecule has 8 heteroatoms. The Kier molecular flexibility index (Phi) is 5.51. The number of methoxy groups -OCH3 is 1. The molecular formula is C22H23ClN2O4S. The Labute approximate surface area is 180 Å². The molecule has 3 aromatic rings. The number of halogens is 1. The Bertz CT molecular complexity index is 1210. The molecule has 0 unspecified atom stereocenters. The summed E-state index contributed by atoms with van der Waals surface area (Å²) in [6, 6.07) is 10.4. The molecule has 1 fully saturated rings. The maximum Gasteiger partial charge on any atom is 0.253 e. The van der Waals surface area contributed by atoms with Crippen LogP contribution >= 0.6 is 11.6 Å². The van der Waals surface area contributed by atoms with E-state index in [-0.39, 0.29) is 15.8 Å². The van der Waals surface area contributed by atoms with Crippen LogP contribution in [0.4, 0.5) is 0 Å². The average Bonchev–Trinajstić information content (AvgIpc) is 3.16. The summed E-state index contributed by atoms with van der Waals surface area (Å²) >= 11 is 6.00. The molecule has 1 aliphatic heterocycles. The number of carbonyl (C=O) groups is 1. The number of likely N-dealkylation sites (tertiary alicyclic amines) is 1. The lowest BCUT2D eigenvalue weighted by Gasteiger charge is -2.32. The lowest BCUT2D eigenvalue weighted by atomic mass is 9.89. The van der Waals surface area contributed by atoms with Gasteiger partial charge >= 0.3 is 0 Å². The number of fused-ring (bicyclic) bond motifs is 1. The number of rotatable bonds is 4. The molecule has 0 spiro atoms. The monoisotopic (exact) mass is 446 g/mol. The fourth-order valence-corrected chi connectivity index (χ4v) is 5.38. The van der Waals surface area contributed by atoms with Crippen molar-refractivity contribution in [3.05, 3.63) is 58.7 Å². The SMILES string of the molecule is COc1ccc2[nH]cc(C3CCN(C(=O)c4ccc(Cl)c(S(C)(=O)=O)c4)CC3)c2c1. The smallest absolute Gasteiger partial charge is 0.253 e. The highest BCUT2D eigenvalue weighted by Crippen LogP contribution is 2.35. The average molecular weight is 447 g/mol. The largest absolute Gasteiger partial charge is 0.497 e. The second-order valence-corrected chi connectivity index (χ2v) is 10.0. The number of benzene rings is 2. The molecule has 1 amide bonds. The molecule has 1 saturated heterocycles. The van der Waals surface area contributed by atoms with Crippen LogP contribution in [0.15, 0.2) is 47.5 Å². The molecular weight excluding hydrogens is 424 g/mol. The first-order valence-corrected chi connectivity index (χ1v) is 12.0. The zero-order valence-electron chi connectivity index (χ0n) is 16.8. The van der Waals surface area contributed by atoms with Gasteiger partial charge in [-0.2, -0.15) is 0 Å². The fourth-order valence-electron chi connectivity index (χ4n) is 4.08. The van der Waals surface area contributed by atoms with Crippen LogP contribution in [0, 0.1) is 0 Å². The standard InChI is InChI=1S/C22H23ClN2O4S/c1-29-16-4-6-20-17(12-16)18(13-24-20)14-7-9-25(10-8-14)22(26)15-3-5-19(23)21(11-15)30(2,27)28/h3-6,11-14,24H,7-10H2,1-2H3. The van der Waals surface area contributed by atoms with Gasteiger partial charge in [-0.05, 0) is 60.7 Å². The van der Waals surface area contributed by atoms with E-state index in [0.29, 0.717) is 24.6 Å². The van der Waals surface area contributed by atoms with Crippen molar-refractivity contribution in [2.24, 2.45) is 0 Å². The number of nitrogens with one attached hydrogen (secondary N) is 1. The van der Waals surface area contributed by atoms with Gasteiger partial charge in [0.25, 0.3) is 5.91 Å². The van der Waals surface area contributed by atoms with Gasteiger partial charge < -0.3 is 14.6 Å². The van der Waals surface area contributed by atoms with Gasteiger partial charge in [-0.15, -0.1) is 0 Å². The minimum absolute atomic E-state index is 0.0161. The van der Waals surface area contributed by atoms with Gasteiger partial charge in [0.1, 0.15) is 5.75 Å². The third kappa shape index (κ3) is 3.91. The number of aromatic amines is 1. The molecule has 0 aliphatic carbocycles. The topological polar surface area (TPSA) is 79.5 Å². The molecule has 0 saturated carbocycles. The molecule has 4 rings (SSSR count). The predicted molar refractivity (Wildman–Crippen MR) is 117 cm³/mol. The van der Waals surface area contributed by atoms with Gasteiger partial charge in [-0.25, -0.2) is 8.42 Å². The number of piperidine rings is 1. The van der Waals surface area contributed by atoms with Crippen LogP contribution in [-0.4, -0.2) is 50.7 Å². The van der Waals surface area contributed by atoms with Crippen molar-refractivity contribution in [2.75, 3.05) is 26.5 Å². The Hall–Kier alpha value is -2.51. The highest BCUT2D eigenvalue weighted by atomic mass is 35.5. The van der Waals surface area contributed by atoms with Gasteiger partial charge in [-0.3, -0.25) is 4.79 Å². The number of H-pyrrole nitrogens is 1. The summed E-state index contributed by atoms with van der Waals surface area (Å²) in [5.74, 6) is 0.989. The third-order valence-electron chi connectivity index (χ3n) is 5.72. The first-order valence-electron chi connectivity index (χ1n) is 9.72. The summed E-state index contributed by atoms with van der Waals surface area (Å²) in [4.78, 5) is 18.0. The summed E-state index contributed by atoms with van der Waals surface area (Å²) in [6.07, 6.45) is 4.80. The number of aromatic nitrogens is 1. The van der Waals surface area contributed by atoms with Gasteiger partial charge in [0.05, 0.1) is 17.0 Å².